The smallest absolute Gasteiger partial charge is 0.450 e. The predicted octanol–water partition coefficient (Wildman–Crippen LogP) is 4.79. The van der Waals surface area contributed by atoms with Crippen LogP contribution in [0.2, 0.25) is 0 Å². The van der Waals surface area contributed by atoms with Crippen LogP contribution in [0.3, 0.4) is 0 Å². The van der Waals surface area contributed by atoms with E-state index in [9.17, 15) is 26.4 Å². The van der Waals surface area contributed by atoms with E-state index in [0.717, 1.165) is 22.7 Å². The van der Waals surface area contributed by atoms with Gasteiger partial charge in [-0.2, -0.15) is 13.2 Å². The van der Waals surface area contributed by atoms with Gasteiger partial charge in [-0.05, 0) is 50.1 Å². The van der Waals surface area contributed by atoms with Crippen LogP contribution in [0.1, 0.15) is 19.8 Å². The maximum atomic E-state index is 13.2. The number of alkyl halides is 3. The largest absolute Gasteiger partial charge is 0.501 e. The third-order valence-corrected chi connectivity index (χ3v) is 8.60. The molecule has 12 heteroatoms. The minimum absolute atomic E-state index is 0.0754. The van der Waals surface area contributed by atoms with Gasteiger partial charge in [0.25, 0.3) is 9.84 Å². The van der Waals surface area contributed by atoms with Crippen molar-refractivity contribution >= 4 is 39.1 Å². The van der Waals surface area contributed by atoms with E-state index in [1.165, 1.54) is 17.8 Å². The van der Waals surface area contributed by atoms with Crippen LogP contribution in [0, 0.1) is 0 Å². The highest BCUT2D eigenvalue weighted by Gasteiger charge is 2.47. The van der Waals surface area contributed by atoms with Gasteiger partial charge in [0.15, 0.2) is 0 Å². The van der Waals surface area contributed by atoms with Crippen molar-refractivity contribution < 1.29 is 31.1 Å². The van der Waals surface area contributed by atoms with Gasteiger partial charge in [-0.25, -0.2) is 13.2 Å². The first kappa shape index (κ1) is 25.6. The first-order valence-corrected chi connectivity index (χ1v) is 13.6. The number of nitrogens with one attached hydrogen (secondary N) is 1. The summed E-state index contributed by atoms with van der Waals surface area (Å²) >= 11 is 1.39. The molecule has 2 heterocycles. The van der Waals surface area contributed by atoms with Gasteiger partial charge in [-0.1, -0.05) is 23.9 Å². The molecule has 2 aliphatic heterocycles. The summed E-state index contributed by atoms with van der Waals surface area (Å²) in [5, 5.41) is 3.28. The quantitative estimate of drug-likeness (QED) is 0.576. The molecule has 1 atom stereocenters. The zero-order chi connectivity index (χ0) is 25.2. The van der Waals surface area contributed by atoms with Crippen LogP contribution in [-0.2, 0) is 14.6 Å². The van der Waals surface area contributed by atoms with Gasteiger partial charge in [0.1, 0.15) is 0 Å². The Morgan fingerprint density at radius 1 is 1.17 bits per heavy atom. The lowest BCUT2D eigenvalue weighted by molar-refractivity contribution is -0.0436. The van der Waals surface area contributed by atoms with Crippen LogP contribution in [0.4, 0.5) is 29.3 Å². The van der Waals surface area contributed by atoms with Gasteiger partial charge in [-0.3, -0.25) is 0 Å². The molecule has 35 heavy (non-hydrogen) atoms. The first-order valence-electron chi connectivity index (χ1n) is 11.3. The minimum Gasteiger partial charge on any atom is -0.450 e. The van der Waals surface area contributed by atoms with Crippen LogP contribution >= 0.6 is 11.8 Å². The number of rotatable bonds is 6. The van der Waals surface area contributed by atoms with Crippen molar-refractivity contribution in [3.63, 3.8) is 0 Å². The number of carbonyl (C=O) groups excluding carboxylic acids is 1. The molecule has 0 spiro atoms. The van der Waals surface area contributed by atoms with Crippen molar-refractivity contribution in [2.45, 2.75) is 46.0 Å². The summed E-state index contributed by atoms with van der Waals surface area (Å²) in [7, 11) is -5.47. The number of fused-ring (bicyclic) bond motifs is 2. The number of hydrogen-bond donors (Lipinski definition) is 1. The van der Waals surface area contributed by atoms with Crippen molar-refractivity contribution in [2.75, 3.05) is 37.7 Å². The molecule has 1 fully saturated rings. The summed E-state index contributed by atoms with van der Waals surface area (Å²) < 4.78 is 68.9. The monoisotopic (exact) mass is 529 g/mol. The Kier molecular flexibility index (Phi) is 7.53. The van der Waals surface area contributed by atoms with Crippen molar-refractivity contribution in [3.8, 4) is 0 Å². The number of nitrogens with zero attached hydrogens (tertiary/aromatic N) is 2. The maximum absolute atomic E-state index is 13.2. The van der Waals surface area contributed by atoms with Gasteiger partial charge < -0.3 is 19.9 Å². The van der Waals surface area contributed by atoms with E-state index in [2.05, 4.69) is 5.32 Å². The highest BCUT2D eigenvalue weighted by atomic mass is 32.2. The Labute approximate surface area is 206 Å². The van der Waals surface area contributed by atoms with E-state index < -0.39 is 20.2 Å². The van der Waals surface area contributed by atoms with Gasteiger partial charge in [0.2, 0.25) is 0 Å². The number of hydrogen-bond acceptors (Lipinski definition) is 7. The summed E-state index contributed by atoms with van der Waals surface area (Å²) in [6.45, 7) is 4.32. The molecule has 1 unspecified atom stereocenters. The fourth-order valence-corrected chi connectivity index (χ4v) is 6.16. The van der Waals surface area contributed by atoms with E-state index in [-0.39, 0.29) is 18.7 Å². The highest BCUT2D eigenvalue weighted by molar-refractivity contribution is 7.99. The number of halogens is 3. The topological polar surface area (TPSA) is 79.0 Å². The van der Waals surface area contributed by atoms with Crippen LogP contribution in [0.5, 0.6) is 0 Å². The summed E-state index contributed by atoms with van der Waals surface area (Å²) in [6, 6.07) is 11.0. The van der Waals surface area contributed by atoms with Crippen molar-refractivity contribution in [3.05, 3.63) is 42.5 Å². The van der Waals surface area contributed by atoms with Crippen LogP contribution < -0.4 is 10.2 Å². The average Bonchev–Trinajstić information content (AvgIpc) is 2.83. The number of anilines is 2. The lowest BCUT2D eigenvalue weighted by Crippen LogP contribution is -2.53. The molecule has 7 nitrogen and oxygen atoms in total. The number of benzene rings is 2. The normalized spacial score (nSPS) is 18.1. The Morgan fingerprint density at radius 3 is 2.66 bits per heavy atom. The third-order valence-electron chi connectivity index (χ3n) is 5.98. The van der Waals surface area contributed by atoms with Crippen molar-refractivity contribution in [1.82, 2.24) is 10.2 Å². The fourth-order valence-electron chi connectivity index (χ4n) is 4.30. The molecule has 190 valence electrons. The van der Waals surface area contributed by atoms with Crippen LogP contribution in [0.25, 0.3) is 0 Å². The van der Waals surface area contributed by atoms with Gasteiger partial charge in [-0.15, -0.1) is 0 Å². The molecule has 1 saturated heterocycles. The molecule has 1 amide bonds. The molecule has 1 N–H and O–H groups in total. The van der Waals surface area contributed by atoms with E-state index in [1.54, 1.807) is 11.8 Å². The van der Waals surface area contributed by atoms with E-state index in [1.807, 2.05) is 29.2 Å². The maximum Gasteiger partial charge on any atom is 0.501 e. The molecule has 4 rings (SSSR count). The molecule has 0 bridgehead atoms. The van der Waals surface area contributed by atoms with Crippen molar-refractivity contribution in [2.24, 2.45) is 0 Å². The standard InChI is InChI=1S/C23H26F3N3O4S2/c1-2-33-22(30)28-13-11-27-15-16(28)6-5-12-29-18-7-3-4-8-20(18)34-21-10-9-17(14-19(21)29)35(31,32)23(24,25)26/h3-4,7-10,14,16,27H,2,5-6,11-13,15H2,1H3. The van der Waals surface area contributed by atoms with E-state index in [4.69, 9.17) is 4.74 Å². The second-order valence-electron chi connectivity index (χ2n) is 8.19. The Bertz CT molecular complexity index is 1190. The predicted molar refractivity (Wildman–Crippen MR) is 127 cm³/mol. The molecule has 0 saturated carbocycles. The number of piperazine rings is 1. The van der Waals surface area contributed by atoms with Crippen LogP contribution in [0.15, 0.2) is 57.2 Å². The summed E-state index contributed by atoms with van der Waals surface area (Å²) in [6.07, 6.45) is 0.913. The summed E-state index contributed by atoms with van der Waals surface area (Å²) in [5.41, 5.74) is -4.16. The molecular formula is C23H26F3N3O4S2. The Hall–Kier alpha value is -2.44. The second-order valence-corrected chi connectivity index (χ2v) is 11.2. The molecule has 2 aromatic carbocycles. The Balaban J connectivity index is 1.59. The molecule has 0 radical (unpaired) electrons. The molecule has 2 aromatic rings. The fraction of sp³-hybridized carbons (Fsp3) is 0.435. The lowest BCUT2D eigenvalue weighted by atomic mass is 10.1. The van der Waals surface area contributed by atoms with Crippen molar-refractivity contribution in [1.29, 1.82) is 0 Å². The minimum atomic E-state index is -5.47. The van der Waals surface area contributed by atoms with E-state index >= 15 is 0 Å². The molecule has 2 aliphatic rings. The van der Waals surface area contributed by atoms with Crippen LogP contribution in [-0.4, -0.2) is 63.7 Å². The van der Waals surface area contributed by atoms with E-state index in [0.29, 0.717) is 49.6 Å². The Morgan fingerprint density at radius 2 is 1.91 bits per heavy atom. The van der Waals surface area contributed by atoms with Gasteiger partial charge in [0.05, 0.1) is 22.9 Å². The summed E-state index contributed by atoms with van der Waals surface area (Å²) in [4.78, 5) is 16.7. The zero-order valence-corrected chi connectivity index (χ0v) is 20.7. The second kappa shape index (κ2) is 10.3. The third kappa shape index (κ3) is 5.24. The van der Waals surface area contributed by atoms with Gasteiger partial charge in [0, 0.05) is 42.0 Å². The average molecular weight is 530 g/mol. The number of sulfone groups is 1. The SMILES string of the molecule is CCOC(=O)N1CCNCC1CCCN1c2ccccc2Sc2ccc(S(=O)(=O)C(F)(F)F)cc21. The molecule has 0 aromatic heterocycles. The highest BCUT2D eigenvalue weighted by Crippen LogP contribution is 2.49. The number of amides is 1. The number of para-hydroxylation sites is 1. The molecule has 0 aliphatic carbocycles. The zero-order valence-electron chi connectivity index (χ0n) is 19.0. The lowest BCUT2D eigenvalue weighted by Gasteiger charge is -2.37. The molecular weight excluding hydrogens is 503 g/mol. The number of carbonyl (C=O) groups is 1. The number of ether oxygens (including phenoxy) is 1. The summed E-state index contributed by atoms with van der Waals surface area (Å²) in [5.74, 6) is 0. The van der Waals surface area contributed by atoms with Gasteiger partial charge >= 0.3 is 11.6 Å². The first-order chi connectivity index (χ1) is 16.6.